The minimum atomic E-state index is -0.571. The molecule has 2 aromatic carbocycles. The molecular weight excluding hydrogens is 356 g/mol. The average molecular weight is 380 g/mol. The van der Waals surface area contributed by atoms with Crippen molar-refractivity contribution in [3.05, 3.63) is 65.7 Å². The molecule has 6 nitrogen and oxygen atoms in total. The first-order valence-corrected chi connectivity index (χ1v) is 9.11. The highest BCUT2D eigenvalue weighted by Gasteiger charge is 2.18. The molecule has 2 rings (SSSR count). The lowest BCUT2D eigenvalue weighted by Gasteiger charge is -2.21. The summed E-state index contributed by atoms with van der Waals surface area (Å²) in [4.78, 5) is 26.2. The van der Waals surface area contributed by atoms with Gasteiger partial charge in [0.15, 0.2) is 6.61 Å². The van der Waals surface area contributed by atoms with Crippen molar-refractivity contribution in [2.75, 3.05) is 18.1 Å². The molecule has 6 heteroatoms. The SMILES string of the molecule is CC(C)OCc1ccc(C(=O)OCC(=O)N(CCC#N)c2ccccc2)cc1. The van der Waals surface area contributed by atoms with Crippen LogP contribution in [0.4, 0.5) is 5.69 Å². The van der Waals surface area contributed by atoms with Crippen LogP contribution in [0, 0.1) is 11.3 Å². The molecule has 0 heterocycles. The molecule has 0 aromatic heterocycles. The van der Waals surface area contributed by atoms with Gasteiger partial charge in [-0.05, 0) is 43.7 Å². The molecule has 0 bridgehead atoms. The molecular formula is C22H24N2O4. The lowest BCUT2D eigenvalue weighted by molar-refractivity contribution is -0.121. The quantitative estimate of drug-likeness (QED) is 0.620. The number of esters is 1. The van der Waals surface area contributed by atoms with Crippen LogP contribution in [0.3, 0.4) is 0 Å². The van der Waals surface area contributed by atoms with E-state index in [1.54, 1.807) is 48.5 Å². The molecule has 0 N–H and O–H groups in total. The van der Waals surface area contributed by atoms with Gasteiger partial charge in [0, 0.05) is 12.2 Å². The van der Waals surface area contributed by atoms with E-state index in [1.807, 2.05) is 26.0 Å². The van der Waals surface area contributed by atoms with E-state index in [1.165, 1.54) is 4.90 Å². The fourth-order valence-electron chi connectivity index (χ4n) is 2.46. The van der Waals surface area contributed by atoms with Crippen LogP contribution < -0.4 is 4.90 Å². The van der Waals surface area contributed by atoms with Crippen LogP contribution in [-0.2, 0) is 20.9 Å². The molecule has 28 heavy (non-hydrogen) atoms. The first-order valence-electron chi connectivity index (χ1n) is 9.11. The summed E-state index contributed by atoms with van der Waals surface area (Å²) in [5, 5.41) is 8.82. The predicted octanol–water partition coefficient (Wildman–Crippen LogP) is 3.72. The summed E-state index contributed by atoms with van der Waals surface area (Å²) in [6.07, 6.45) is 0.318. The van der Waals surface area contributed by atoms with E-state index in [-0.39, 0.29) is 25.0 Å². The van der Waals surface area contributed by atoms with Crippen molar-refractivity contribution in [2.45, 2.75) is 33.0 Å². The normalized spacial score (nSPS) is 10.4. The van der Waals surface area contributed by atoms with E-state index in [2.05, 4.69) is 0 Å². The van der Waals surface area contributed by atoms with Gasteiger partial charge in [0.25, 0.3) is 5.91 Å². The highest BCUT2D eigenvalue weighted by Crippen LogP contribution is 2.14. The van der Waals surface area contributed by atoms with Crippen molar-refractivity contribution >= 4 is 17.6 Å². The zero-order valence-electron chi connectivity index (χ0n) is 16.1. The minimum Gasteiger partial charge on any atom is -0.452 e. The zero-order chi connectivity index (χ0) is 20.4. The number of carbonyl (C=O) groups is 2. The number of hydrogen-bond donors (Lipinski definition) is 0. The number of benzene rings is 2. The summed E-state index contributed by atoms with van der Waals surface area (Å²) in [6.45, 7) is 4.23. The van der Waals surface area contributed by atoms with Crippen LogP contribution in [0.15, 0.2) is 54.6 Å². The van der Waals surface area contributed by atoms with Crippen molar-refractivity contribution in [3.8, 4) is 6.07 Å². The third-order valence-corrected chi connectivity index (χ3v) is 3.92. The molecule has 0 spiro atoms. The lowest BCUT2D eigenvalue weighted by atomic mass is 10.1. The second-order valence-corrected chi connectivity index (χ2v) is 6.42. The topological polar surface area (TPSA) is 79.6 Å². The molecule has 0 unspecified atom stereocenters. The second-order valence-electron chi connectivity index (χ2n) is 6.42. The number of nitrogens with zero attached hydrogens (tertiary/aromatic N) is 2. The second kappa shape index (κ2) is 10.9. The van der Waals surface area contributed by atoms with Crippen molar-refractivity contribution in [3.63, 3.8) is 0 Å². The Morgan fingerprint density at radius 2 is 1.75 bits per heavy atom. The molecule has 0 saturated carbocycles. The first kappa shape index (κ1) is 21.1. The van der Waals surface area contributed by atoms with Crippen molar-refractivity contribution in [2.24, 2.45) is 0 Å². The van der Waals surface area contributed by atoms with Crippen LogP contribution >= 0.6 is 0 Å². The molecule has 0 aliphatic carbocycles. The number of carbonyl (C=O) groups excluding carboxylic acids is 2. The number of anilines is 1. The smallest absolute Gasteiger partial charge is 0.338 e. The van der Waals surface area contributed by atoms with Gasteiger partial charge in [-0.1, -0.05) is 30.3 Å². The van der Waals surface area contributed by atoms with Crippen LogP contribution in [0.25, 0.3) is 0 Å². The van der Waals surface area contributed by atoms with Crippen LogP contribution in [0.1, 0.15) is 36.2 Å². The first-order chi connectivity index (χ1) is 13.5. The largest absolute Gasteiger partial charge is 0.452 e. The monoisotopic (exact) mass is 380 g/mol. The van der Waals surface area contributed by atoms with Crippen molar-refractivity contribution < 1.29 is 19.1 Å². The number of rotatable bonds is 9. The van der Waals surface area contributed by atoms with E-state index in [9.17, 15) is 9.59 Å². The Balaban J connectivity index is 1.94. The van der Waals surface area contributed by atoms with E-state index in [0.717, 1.165) is 5.56 Å². The molecule has 0 saturated heterocycles. The van der Waals surface area contributed by atoms with E-state index < -0.39 is 12.6 Å². The fraction of sp³-hybridized carbons (Fsp3) is 0.318. The molecule has 1 amide bonds. The Morgan fingerprint density at radius 3 is 2.36 bits per heavy atom. The maximum Gasteiger partial charge on any atom is 0.338 e. The number of para-hydroxylation sites is 1. The Bertz CT molecular complexity index is 811. The van der Waals surface area contributed by atoms with Crippen LogP contribution in [0.2, 0.25) is 0 Å². The van der Waals surface area contributed by atoms with Gasteiger partial charge in [0.1, 0.15) is 0 Å². The van der Waals surface area contributed by atoms with Gasteiger partial charge in [-0.25, -0.2) is 4.79 Å². The summed E-state index contributed by atoms with van der Waals surface area (Å²) in [5.74, 6) is -0.949. The molecule has 0 aliphatic rings. The van der Waals surface area contributed by atoms with Gasteiger partial charge in [-0.2, -0.15) is 5.26 Å². The Morgan fingerprint density at radius 1 is 1.07 bits per heavy atom. The van der Waals surface area contributed by atoms with Crippen LogP contribution in [-0.4, -0.2) is 31.1 Å². The fourth-order valence-corrected chi connectivity index (χ4v) is 2.46. The molecule has 146 valence electrons. The third-order valence-electron chi connectivity index (χ3n) is 3.92. The average Bonchev–Trinajstić information content (AvgIpc) is 2.72. The number of ether oxygens (including phenoxy) is 2. The standard InChI is InChI=1S/C22H24N2O4/c1-17(2)27-15-18-9-11-19(12-10-18)22(26)28-16-21(25)24(14-6-13-23)20-7-4-3-5-8-20/h3-5,7-12,17H,6,14-16H2,1-2H3. The summed E-state index contributed by atoms with van der Waals surface area (Å²) in [6, 6.07) is 17.9. The predicted molar refractivity (Wildman–Crippen MR) is 106 cm³/mol. The van der Waals surface area contributed by atoms with Gasteiger partial charge in [-0.15, -0.1) is 0 Å². The van der Waals surface area contributed by atoms with E-state index in [0.29, 0.717) is 17.9 Å². The molecule has 0 atom stereocenters. The highest BCUT2D eigenvalue weighted by atomic mass is 16.5. The molecule has 0 aliphatic heterocycles. The van der Waals surface area contributed by atoms with Crippen LogP contribution in [0.5, 0.6) is 0 Å². The summed E-state index contributed by atoms with van der Waals surface area (Å²) < 4.78 is 10.7. The summed E-state index contributed by atoms with van der Waals surface area (Å²) in [5.41, 5.74) is 1.98. The maximum atomic E-state index is 12.5. The lowest BCUT2D eigenvalue weighted by Crippen LogP contribution is -2.35. The number of amides is 1. The van der Waals surface area contributed by atoms with Gasteiger partial charge < -0.3 is 14.4 Å². The Hall–Kier alpha value is -3.17. The highest BCUT2D eigenvalue weighted by molar-refractivity contribution is 5.97. The van der Waals surface area contributed by atoms with E-state index >= 15 is 0 Å². The Kier molecular flexibility index (Phi) is 8.19. The van der Waals surface area contributed by atoms with Gasteiger partial charge >= 0.3 is 5.97 Å². The minimum absolute atomic E-state index is 0.129. The molecule has 0 radical (unpaired) electrons. The number of hydrogen-bond acceptors (Lipinski definition) is 5. The summed E-state index contributed by atoms with van der Waals surface area (Å²) >= 11 is 0. The molecule has 0 fully saturated rings. The van der Waals surface area contributed by atoms with Gasteiger partial charge in [0.2, 0.25) is 0 Å². The number of nitriles is 1. The maximum absolute atomic E-state index is 12.5. The van der Waals surface area contributed by atoms with Gasteiger partial charge in [0.05, 0.1) is 30.8 Å². The summed E-state index contributed by atoms with van der Waals surface area (Å²) in [7, 11) is 0. The molecule has 2 aromatic rings. The van der Waals surface area contributed by atoms with Crippen molar-refractivity contribution in [1.82, 2.24) is 0 Å². The van der Waals surface area contributed by atoms with Gasteiger partial charge in [-0.3, -0.25) is 4.79 Å². The Labute approximate surface area is 165 Å². The van der Waals surface area contributed by atoms with E-state index in [4.69, 9.17) is 14.7 Å². The third kappa shape index (κ3) is 6.53. The zero-order valence-corrected chi connectivity index (χ0v) is 16.1. The van der Waals surface area contributed by atoms with Crippen molar-refractivity contribution in [1.29, 1.82) is 5.26 Å².